The van der Waals surface area contributed by atoms with Crippen molar-refractivity contribution in [2.75, 3.05) is 21.3 Å². The molecule has 0 heterocycles. The van der Waals surface area contributed by atoms with E-state index >= 15 is 0 Å². The first-order chi connectivity index (χ1) is 13.0. The van der Waals surface area contributed by atoms with Crippen LogP contribution in [0, 0.1) is 5.92 Å². The normalized spacial score (nSPS) is 11.8. The van der Waals surface area contributed by atoms with Crippen molar-refractivity contribution < 1.29 is 19.0 Å². The molecule has 2 rings (SSSR count). The zero-order chi connectivity index (χ0) is 19.8. The van der Waals surface area contributed by atoms with Gasteiger partial charge in [-0.25, -0.2) is 0 Å². The maximum Gasteiger partial charge on any atom is 0.220 e. The Bertz CT molecular complexity index is 740. The summed E-state index contributed by atoms with van der Waals surface area (Å²) >= 11 is 0. The lowest BCUT2D eigenvalue weighted by Crippen LogP contribution is -2.31. The molecule has 1 atom stereocenters. The van der Waals surface area contributed by atoms with E-state index in [0.717, 1.165) is 16.9 Å². The van der Waals surface area contributed by atoms with Gasteiger partial charge in [-0.2, -0.15) is 0 Å². The zero-order valence-electron chi connectivity index (χ0n) is 16.7. The molecule has 1 unspecified atom stereocenters. The van der Waals surface area contributed by atoms with Crippen LogP contribution in [0.5, 0.6) is 17.2 Å². The molecule has 5 nitrogen and oxygen atoms in total. The van der Waals surface area contributed by atoms with Crippen LogP contribution in [0.1, 0.15) is 37.4 Å². The Labute approximate surface area is 161 Å². The van der Waals surface area contributed by atoms with Crippen LogP contribution in [-0.2, 0) is 11.2 Å². The first kappa shape index (κ1) is 20.6. The summed E-state index contributed by atoms with van der Waals surface area (Å²) < 4.78 is 15.8. The van der Waals surface area contributed by atoms with Gasteiger partial charge in [0.25, 0.3) is 0 Å². The Kier molecular flexibility index (Phi) is 7.53. The second-order valence-electron chi connectivity index (χ2n) is 6.75. The zero-order valence-corrected chi connectivity index (χ0v) is 16.7. The van der Waals surface area contributed by atoms with E-state index in [1.807, 2.05) is 42.5 Å². The quantitative estimate of drug-likeness (QED) is 0.719. The summed E-state index contributed by atoms with van der Waals surface area (Å²) in [4.78, 5) is 12.5. The van der Waals surface area contributed by atoms with E-state index < -0.39 is 0 Å². The van der Waals surface area contributed by atoms with Crippen molar-refractivity contribution in [3.05, 3.63) is 53.6 Å². The molecule has 0 fully saturated rings. The van der Waals surface area contributed by atoms with Crippen LogP contribution in [0.25, 0.3) is 0 Å². The first-order valence-electron chi connectivity index (χ1n) is 9.12. The number of methoxy groups -OCH3 is 3. The molecule has 1 amide bonds. The number of rotatable bonds is 9. The number of amides is 1. The predicted octanol–water partition coefficient (Wildman–Crippen LogP) is 4.16. The maximum absolute atomic E-state index is 12.5. The van der Waals surface area contributed by atoms with Crippen molar-refractivity contribution in [3.63, 3.8) is 0 Å². The summed E-state index contributed by atoms with van der Waals surface area (Å²) in [5.74, 6) is 2.47. The van der Waals surface area contributed by atoms with Crippen molar-refractivity contribution in [1.82, 2.24) is 5.32 Å². The lowest BCUT2D eigenvalue weighted by Gasteiger charge is -2.23. The van der Waals surface area contributed by atoms with Crippen molar-refractivity contribution >= 4 is 5.91 Å². The van der Waals surface area contributed by atoms with Crippen LogP contribution in [-0.4, -0.2) is 27.2 Å². The largest absolute Gasteiger partial charge is 0.497 e. The number of hydrogen-bond acceptors (Lipinski definition) is 4. The molecule has 0 aliphatic carbocycles. The van der Waals surface area contributed by atoms with Gasteiger partial charge in [-0.3, -0.25) is 4.79 Å². The van der Waals surface area contributed by atoms with E-state index in [1.165, 1.54) is 0 Å². The second kappa shape index (κ2) is 9.86. The van der Waals surface area contributed by atoms with Crippen LogP contribution in [0.4, 0.5) is 0 Å². The van der Waals surface area contributed by atoms with Crippen molar-refractivity contribution in [2.45, 2.75) is 32.7 Å². The Balaban J connectivity index is 1.99. The molecule has 27 heavy (non-hydrogen) atoms. The summed E-state index contributed by atoms with van der Waals surface area (Å²) in [7, 11) is 4.86. The average Bonchev–Trinajstić information content (AvgIpc) is 2.70. The molecule has 2 aromatic rings. The SMILES string of the molecule is COc1ccc(C(NC(=O)CCc2ccc(OC)c(OC)c2)C(C)C)cc1. The lowest BCUT2D eigenvalue weighted by atomic mass is 9.95. The second-order valence-corrected chi connectivity index (χ2v) is 6.75. The van der Waals surface area contributed by atoms with Gasteiger partial charge in [0, 0.05) is 6.42 Å². The van der Waals surface area contributed by atoms with Gasteiger partial charge in [-0.15, -0.1) is 0 Å². The smallest absolute Gasteiger partial charge is 0.220 e. The molecule has 0 spiro atoms. The van der Waals surface area contributed by atoms with Gasteiger partial charge < -0.3 is 19.5 Å². The fraction of sp³-hybridized carbons (Fsp3) is 0.409. The molecular weight excluding hydrogens is 342 g/mol. The fourth-order valence-electron chi connectivity index (χ4n) is 2.99. The van der Waals surface area contributed by atoms with E-state index in [4.69, 9.17) is 14.2 Å². The van der Waals surface area contributed by atoms with Crippen LogP contribution < -0.4 is 19.5 Å². The minimum absolute atomic E-state index is 0.0271. The molecule has 0 saturated heterocycles. The molecular formula is C22H29NO4. The summed E-state index contributed by atoms with van der Waals surface area (Å²) in [5, 5.41) is 3.16. The molecule has 0 bridgehead atoms. The van der Waals surface area contributed by atoms with E-state index in [9.17, 15) is 4.79 Å². The molecule has 0 aromatic heterocycles. The lowest BCUT2D eigenvalue weighted by molar-refractivity contribution is -0.122. The van der Waals surface area contributed by atoms with Gasteiger partial charge in [0.1, 0.15) is 5.75 Å². The summed E-state index contributed by atoms with van der Waals surface area (Å²) in [6.45, 7) is 4.20. The standard InChI is InChI=1S/C22H29NO4/c1-15(2)22(17-8-10-18(25-3)11-9-17)23-21(24)13-7-16-6-12-19(26-4)20(14-16)27-5/h6,8-12,14-15,22H,7,13H2,1-5H3,(H,23,24). The molecule has 5 heteroatoms. The van der Waals surface area contributed by atoms with Crippen LogP contribution in [0.2, 0.25) is 0 Å². The summed E-state index contributed by atoms with van der Waals surface area (Å²) in [6, 6.07) is 13.5. The molecule has 146 valence electrons. The Hall–Kier alpha value is -2.69. The molecule has 1 N–H and O–H groups in total. The van der Waals surface area contributed by atoms with Crippen molar-refractivity contribution in [3.8, 4) is 17.2 Å². The molecule has 0 saturated carbocycles. The van der Waals surface area contributed by atoms with Gasteiger partial charge in [-0.1, -0.05) is 32.0 Å². The highest BCUT2D eigenvalue weighted by atomic mass is 16.5. The molecule has 0 aliphatic heterocycles. The Morgan fingerprint density at radius 2 is 1.59 bits per heavy atom. The number of carbonyl (C=O) groups is 1. The number of aryl methyl sites for hydroxylation is 1. The van der Waals surface area contributed by atoms with Crippen molar-refractivity contribution in [1.29, 1.82) is 0 Å². The highest BCUT2D eigenvalue weighted by Gasteiger charge is 2.18. The average molecular weight is 371 g/mol. The van der Waals surface area contributed by atoms with Crippen LogP contribution in [0.15, 0.2) is 42.5 Å². The highest BCUT2D eigenvalue weighted by molar-refractivity contribution is 5.76. The van der Waals surface area contributed by atoms with Gasteiger partial charge in [0.05, 0.1) is 27.4 Å². The van der Waals surface area contributed by atoms with Gasteiger partial charge in [0.15, 0.2) is 11.5 Å². The Morgan fingerprint density at radius 1 is 0.926 bits per heavy atom. The third-order valence-corrected chi connectivity index (χ3v) is 4.55. The first-order valence-corrected chi connectivity index (χ1v) is 9.12. The summed E-state index contributed by atoms with van der Waals surface area (Å²) in [6.07, 6.45) is 1.05. The molecule has 0 radical (unpaired) electrons. The monoisotopic (exact) mass is 371 g/mol. The maximum atomic E-state index is 12.5. The van der Waals surface area contributed by atoms with E-state index in [2.05, 4.69) is 19.2 Å². The molecule has 0 aliphatic rings. The fourth-order valence-corrected chi connectivity index (χ4v) is 2.99. The minimum Gasteiger partial charge on any atom is -0.497 e. The van der Waals surface area contributed by atoms with Crippen LogP contribution >= 0.6 is 0 Å². The van der Waals surface area contributed by atoms with E-state index in [1.54, 1.807) is 21.3 Å². The number of ether oxygens (including phenoxy) is 3. The van der Waals surface area contributed by atoms with E-state index in [0.29, 0.717) is 24.3 Å². The number of hydrogen-bond donors (Lipinski definition) is 1. The predicted molar refractivity (Wildman–Crippen MR) is 107 cm³/mol. The van der Waals surface area contributed by atoms with Crippen LogP contribution in [0.3, 0.4) is 0 Å². The topological polar surface area (TPSA) is 56.8 Å². The third kappa shape index (κ3) is 5.64. The number of benzene rings is 2. The minimum atomic E-state index is -0.0335. The van der Waals surface area contributed by atoms with Gasteiger partial charge in [-0.05, 0) is 47.7 Å². The highest BCUT2D eigenvalue weighted by Crippen LogP contribution is 2.28. The summed E-state index contributed by atoms with van der Waals surface area (Å²) in [5.41, 5.74) is 2.11. The number of nitrogens with one attached hydrogen (secondary N) is 1. The van der Waals surface area contributed by atoms with E-state index in [-0.39, 0.29) is 17.9 Å². The van der Waals surface area contributed by atoms with Gasteiger partial charge >= 0.3 is 0 Å². The van der Waals surface area contributed by atoms with Crippen molar-refractivity contribution in [2.24, 2.45) is 5.92 Å². The Morgan fingerprint density at radius 3 is 2.15 bits per heavy atom. The third-order valence-electron chi connectivity index (χ3n) is 4.55. The number of carbonyl (C=O) groups excluding carboxylic acids is 1. The molecule has 2 aromatic carbocycles. The van der Waals surface area contributed by atoms with Gasteiger partial charge in [0.2, 0.25) is 5.91 Å².